The van der Waals surface area contributed by atoms with Crippen LogP contribution in [0, 0.1) is 13.8 Å². The Morgan fingerprint density at radius 2 is 0.957 bits per heavy atom. The van der Waals surface area contributed by atoms with Gasteiger partial charge in [0, 0.05) is 49.9 Å². The Bertz CT molecular complexity index is 1990. The van der Waals surface area contributed by atoms with Crippen LogP contribution in [0.3, 0.4) is 0 Å². The van der Waals surface area contributed by atoms with Crippen molar-refractivity contribution in [2.24, 2.45) is 0 Å². The molecule has 0 atom stereocenters. The fraction of sp³-hybridized carbons (Fsp3) is 0.238. The van der Waals surface area contributed by atoms with Crippen molar-refractivity contribution in [1.82, 2.24) is 0 Å². The molecule has 0 saturated heterocycles. The van der Waals surface area contributed by atoms with Crippen molar-refractivity contribution >= 4 is 24.3 Å². The van der Waals surface area contributed by atoms with Gasteiger partial charge < -0.3 is 9.47 Å². The molecule has 0 unspecified atom stereocenters. The molecule has 4 aliphatic rings. The molecule has 2 aromatic heterocycles. The molecule has 4 heteroatoms. The minimum absolute atomic E-state index is 0.789. The molecule has 9 rings (SSSR count). The molecule has 0 spiro atoms. The Morgan fingerprint density at radius 3 is 1.41 bits per heavy atom. The summed E-state index contributed by atoms with van der Waals surface area (Å²) in [5.74, 6) is 2.06. The van der Waals surface area contributed by atoms with Gasteiger partial charge in [-0.15, -0.1) is 0 Å². The summed E-state index contributed by atoms with van der Waals surface area (Å²) in [6.07, 6.45) is 17.7. The standard InChI is InChI=1S/C42H38N2O2/c1-27-28(2)36-14-20-44-18-12-32(6-4-30-8-10-40-34(24-30)16-22-46-40)26-38(44)42(36)41-35(27)13-19-43-17-11-31(25-37(41)43)5-3-29-7-9-39-33(23-29)15-21-45-39/h3-12,17-18,23-26H,13-16,19-22H2,1-2H3/q+2/b5-3+,6-4+. The summed E-state index contributed by atoms with van der Waals surface area (Å²) in [5.41, 5.74) is 18.9. The molecule has 46 heavy (non-hydrogen) atoms. The summed E-state index contributed by atoms with van der Waals surface area (Å²) < 4.78 is 16.4. The highest BCUT2D eigenvalue weighted by atomic mass is 16.5. The van der Waals surface area contributed by atoms with Gasteiger partial charge in [-0.25, -0.2) is 0 Å². The van der Waals surface area contributed by atoms with E-state index < -0.39 is 0 Å². The lowest BCUT2D eigenvalue weighted by Gasteiger charge is -2.27. The average Bonchev–Trinajstić information content (AvgIpc) is 3.77. The SMILES string of the molecule is Cc1c(C)c2c(c3c1CC[n+]1ccc(/C=C/c4ccc5c(c4)CCO5)cc1-3)-c1cc(/C=C/c3ccc4c(c3)CCO4)cc[n+]1CC2. The van der Waals surface area contributed by atoms with Crippen LogP contribution in [-0.4, -0.2) is 13.2 Å². The van der Waals surface area contributed by atoms with E-state index >= 15 is 0 Å². The van der Waals surface area contributed by atoms with Gasteiger partial charge in [-0.2, -0.15) is 9.13 Å². The molecular weight excluding hydrogens is 564 g/mol. The normalized spacial score (nSPS) is 15.5. The number of nitrogens with zero attached hydrogens (tertiary/aromatic N) is 2. The number of aryl methyl sites for hydroxylation is 2. The molecular formula is C42H38N2O2+2. The van der Waals surface area contributed by atoms with Crippen LogP contribution in [0.25, 0.3) is 46.8 Å². The van der Waals surface area contributed by atoms with Crippen LogP contribution in [0.4, 0.5) is 0 Å². The number of rotatable bonds is 4. The highest BCUT2D eigenvalue weighted by Gasteiger charge is 2.36. The van der Waals surface area contributed by atoms with Crippen molar-refractivity contribution < 1.29 is 18.6 Å². The maximum Gasteiger partial charge on any atom is 0.214 e. The first kappa shape index (κ1) is 27.4. The van der Waals surface area contributed by atoms with E-state index in [0.717, 1.165) is 63.5 Å². The van der Waals surface area contributed by atoms with E-state index in [4.69, 9.17) is 9.47 Å². The van der Waals surface area contributed by atoms with Crippen LogP contribution in [0.2, 0.25) is 0 Å². The second-order valence-corrected chi connectivity index (χ2v) is 13.1. The minimum Gasteiger partial charge on any atom is -0.493 e. The molecule has 4 aliphatic heterocycles. The van der Waals surface area contributed by atoms with E-state index in [0.29, 0.717) is 0 Å². The number of ether oxygens (including phenoxy) is 2. The smallest absolute Gasteiger partial charge is 0.214 e. The third-order valence-electron chi connectivity index (χ3n) is 10.5. The molecule has 4 nitrogen and oxygen atoms in total. The first-order chi connectivity index (χ1) is 22.6. The topological polar surface area (TPSA) is 26.2 Å². The summed E-state index contributed by atoms with van der Waals surface area (Å²) in [7, 11) is 0. The quantitative estimate of drug-likeness (QED) is 0.199. The molecule has 0 fully saturated rings. The second kappa shape index (κ2) is 10.8. The van der Waals surface area contributed by atoms with E-state index in [9.17, 15) is 0 Å². The monoisotopic (exact) mass is 602 g/mol. The number of benzene rings is 3. The first-order valence-electron chi connectivity index (χ1n) is 16.7. The van der Waals surface area contributed by atoms with Gasteiger partial charge in [0.2, 0.25) is 11.4 Å². The van der Waals surface area contributed by atoms with E-state index in [2.05, 4.69) is 120 Å². The van der Waals surface area contributed by atoms with Crippen LogP contribution < -0.4 is 18.6 Å². The van der Waals surface area contributed by atoms with Crippen LogP contribution in [0.1, 0.15) is 55.6 Å². The van der Waals surface area contributed by atoms with Crippen molar-refractivity contribution in [3.05, 3.63) is 129 Å². The summed E-state index contributed by atoms with van der Waals surface area (Å²) >= 11 is 0. The Labute approximate surface area is 270 Å². The molecule has 5 aromatic rings. The summed E-state index contributed by atoms with van der Waals surface area (Å²) in [5, 5.41) is 0. The summed E-state index contributed by atoms with van der Waals surface area (Å²) in [6, 6.07) is 22.4. The van der Waals surface area contributed by atoms with Gasteiger partial charge in [-0.3, -0.25) is 0 Å². The molecule has 0 radical (unpaired) electrons. The Hall–Kier alpha value is -4.96. The van der Waals surface area contributed by atoms with Crippen LogP contribution in [0.15, 0.2) is 73.1 Å². The minimum atomic E-state index is 0.789. The third kappa shape index (κ3) is 4.58. The van der Waals surface area contributed by atoms with Crippen molar-refractivity contribution in [2.45, 2.75) is 52.6 Å². The van der Waals surface area contributed by atoms with Gasteiger partial charge in [0.1, 0.15) is 11.5 Å². The molecule has 3 aromatic carbocycles. The van der Waals surface area contributed by atoms with Crippen LogP contribution in [0.5, 0.6) is 11.5 Å². The second-order valence-electron chi connectivity index (χ2n) is 13.1. The molecule has 0 aliphatic carbocycles. The molecule has 0 saturated carbocycles. The third-order valence-corrected chi connectivity index (χ3v) is 10.5. The maximum atomic E-state index is 5.72. The van der Waals surface area contributed by atoms with Crippen LogP contribution >= 0.6 is 0 Å². The Balaban J connectivity index is 1.13. The van der Waals surface area contributed by atoms with Gasteiger partial charge >= 0.3 is 0 Å². The van der Waals surface area contributed by atoms with Gasteiger partial charge in [-0.05, 0) is 93.7 Å². The summed E-state index contributed by atoms with van der Waals surface area (Å²) in [4.78, 5) is 0. The molecule has 0 N–H and O–H groups in total. The fourth-order valence-corrected chi connectivity index (χ4v) is 7.91. The lowest BCUT2D eigenvalue weighted by atomic mass is 9.79. The fourth-order valence-electron chi connectivity index (χ4n) is 7.91. The van der Waals surface area contributed by atoms with Crippen LogP contribution in [-0.2, 0) is 38.8 Å². The Kier molecular flexibility index (Phi) is 6.45. The van der Waals surface area contributed by atoms with Crippen molar-refractivity contribution in [3.8, 4) is 34.0 Å². The number of hydrogen-bond acceptors (Lipinski definition) is 2. The predicted octanol–water partition coefficient (Wildman–Crippen LogP) is 7.54. The van der Waals surface area contributed by atoms with Crippen molar-refractivity contribution in [1.29, 1.82) is 0 Å². The van der Waals surface area contributed by atoms with Gasteiger partial charge in [-0.1, -0.05) is 36.4 Å². The van der Waals surface area contributed by atoms with E-state index in [1.54, 1.807) is 0 Å². The zero-order valence-electron chi connectivity index (χ0n) is 26.6. The Morgan fingerprint density at radius 1 is 0.522 bits per heavy atom. The molecule has 226 valence electrons. The van der Waals surface area contributed by atoms with Crippen molar-refractivity contribution in [3.63, 3.8) is 0 Å². The largest absolute Gasteiger partial charge is 0.493 e. The summed E-state index contributed by atoms with van der Waals surface area (Å²) in [6.45, 7) is 8.27. The molecule has 0 amide bonds. The highest BCUT2D eigenvalue weighted by molar-refractivity contribution is 5.88. The van der Waals surface area contributed by atoms with Gasteiger partial charge in [0.15, 0.2) is 25.5 Å². The number of aromatic nitrogens is 2. The maximum absolute atomic E-state index is 5.72. The molecule has 0 bridgehead atoms. The molecule has 6 heterocycles. The lowest BCUT2D eigenvalue weighted by molar-refractivity contribution is -0.689. The van der Waals surface area contributed by atoms with E-state index in [1.165, 1.54) is 78.1 Å². The zero-order valence-corrected chi connectivity index (χ0v) is 26.6. The zero-order chi connectivity index (χ0) is 30.8. The number of fused-ring (bicyclic) bond motifs is 9. The van der Waals surface area contributed by atoms with Gasteiger partial charge in [0.25, 0.3) is 0 Å². The van der Waals surface area contributed by atoms with E-state index in [-0.39, 0.29) is 0 Å². The predicted molar refractivity (Wildman–Crippen MR) is 184 cm³/mol. The lowest BCUT2D eigenvalue weighted by Crippen LogP contribution is -2.43. The van der Waals surface area contributed by atoms with Crippen molar-refractivity contribution in [2.75, 3.05) is 13.2 Å². The highest BCUT2D eigenvalue weighted by Crippen LogP contribution is 2.43. The van der Waals surface area contributed by atoms with Gasteiger partial charge in [0.05, 0.1) is 24.3 Å². The first-order valence-corrected chi connectivity index (χ1v) is 16.7. The number of hydrogen-bond donors (Lipinski definition) is 0. The average molecular weight is 603 g/mol. The van der Waals surface area contributed by atoms with E-state index in [1.807, 2.05) is 0 Å². The number of pyridine rings is 2.